The molecule has 1 amide bonds. The Hall–Kier alpha value is -1.46. The number of amides is 1. The smallest absolute Gasteiger partial charge is 0.255 e. The molecule has 0 aromatic heterocycles. The molecule has 0 unspecified atom stereocenters. The van der Waals surface area contributed by atoms with E-state index in [1.165, 1.54) is 0 Å². The Kier molecular flexibility index (Phi) is 8.84. The highest BCUT2D eigenvalue weighted by Gasteiger charge is 2.51. The molecule has 1 fully saturated rings. The van der Waals surface area contributed by atoms with Gasteiger partial charge >= 0.3 is 0 Å². The van der Waals surface area contributed by atoms with Crippen molar-refractivity contribution >= 4 is 40.9 Å². The molecule has 0 spiro atoms. The van der Waals surface area contributed by atoms with Crippen LogP contribution < -0.4 is 0 Å². The summed E-state index contributed by atoms with van der Waals surface area (Å²) in [5, 5.41) is 1.29. The number of halogens is 2. The van der Waals surface area contributed by atoms with Gasteiger partial charge in [0.15, 0.2) is 0 Å². The van der Waals surface area contributed by atoms with Crippen molar-refractivity contribution in [1.29, 1.82) is 0 Å². The minimum Gasteiger partial charge on any atom is -0.355 e. The van der Waals surface area contributed by atoms with E-state index in [1.54, 1.807) is 6.08 Å². The molecule has 6 heteroatoms. The second-order valence-corrected chi connectivity index (χ2v) is 12.9. The van der Waals surface area contributed by atoms with Crippen LogP contribution in [0.5, 0.6) is 0 Å². The standard InChI is InChI=1S/C28H35Cl2NO2S/c1-7-16-28(6)26(32)31(19(2)15-17-34-27(3,4)5)24(20-11-13-22(29)14-12-20)25(33-28)21-9-8-10-23(30)18-21/h7-14,18-19,24-25H,1,15-17H2,2-6H3/t19-,24+,25+,28-/m0/s1. The third-order valence-corrected chi connectivity index (χ3v) is 7.92. The van der Waals surface area contributed by atoms with Gasteiger partial charge in [-0.05, 0) is 61.4 Å². The van der Waals surface area contributed by atoms with Crippen LogP contribution in [-0.2, 0) is 9.53 Å². The number of carbonyl (C=O) groups is 1. The zero-order chi connectivity index (χ0) is 25.1. The summed E-state index contributed by atoms with van der Waals surface area (Å²) in [5.41, 5.74) is 0.915. The first-order valence-electron chi connectivity index (χ1n) is 11.7. The first-order chi connectivity index (χ1) is 15.9. The monoisotopic (exact) mass is 519 g/mol. The number of benzene rings is 2. The van der Waals surface area contributed by atoms with E-state index in [9.17, 15) is 4.79 Å². The van der Waals surface area contributed by atoms with Crippen molar-refractivity contribution in [2.75, 3.05) is 5.75 Å². The third-order valence-electron chi connectivity index (χ3n) is 6.13. The second kappa shape index (κ2) is 11.1. The highest BCUT2D eigenvalue weighted by Crippen LogP contribution is 2.48. The summed E-state index contributed by atoms with van der Waals surface area (Å²) in [6.07, 6.45) is 2.68. The average Bonchev–Trinajstić information content (AvgIpc) is 2.75. The number of hydrogen-bond donors (Lipinski definition) is 0. The molecule has 1 saturated heterocycles. The average molecular weight is 521 g/mol. The van der Waals surface area contributed by atoms with Gasteiger partial charge in [-0.3, -0.25) is 4.79 Å². The van der Waals surface area contributed by atoms with Crippen molar-refractivity contribution in [2.45, 2.75) is 76.0 Å². The molecule has 3 nitrogen and oxygen atoms in total. The summed E-state index contributed by atoms with van der Waals surface area (Å²) in [6, 6.07) is 15.1. The van der Waals surface area contributed by atoms with Gasteiger partial charge in [-0.1, -0.05) is 74.3 Å². The number of hydrogen-bond acceptors (Lipinski definition) is 3. The van der Waals surface area contributed by atoms with E-state index in [1.807, 2.05) is 72.1 Å². The van der Waals surface area contributed by atoms with E-state index < -0.39 is 5.60 Å². The molecule has 0 radical (unpaired) electrons. The number of nitrogens with zero attached hydrogens (tertiary/aromatic N) is 1. The Morgan fingerprint density at radius 1 is 1.15 bits per heavy atom. The van der Waals surface area contributed by atoms with Gasteiger partial charge < -0.3 is 9.64 Å². The molecule has 3 rings (SSSR count). The summed E-state index contributed by atoms with van der Waals surface area (Å²) in [5.74, 6) is 0.946. The molecule has 1 aliphatic rings. The largest absolute Gasteiger partial charge is 0.355 e. The zero-order valence-corrected chi connectivity index (χ0v) is 23.0. The van der Waals surface area contributed by atoms with Crippen molar-refractivity contribution in [3.63, 3.8) is 0 Å². The van der Waals surface area contributed by atoms with Crippen LogP contribution in [0.25, 0.3) is 0 Å². The highest BCUT2D eigenvalue weighted by molar-refractivity contribution is 8.00. The minimum absolute atomic E-state index is 0.0118. The van der Waals surface area contributed by atoms with Crippen LogP contribution in [-0.4, -0.2) is 32.9 Å². The van der Waals surface area contributed by atoms with Crippen LogP contribution in [0.4, 0.5) is 0 Å². The van der Waals surface area contributed by atoms with Crippen molar-refractivity contribution in [3.05, 3.63) is 82.4 Å². The molecule has 2 aromatic rings. The van der Waals surface area contributed by atoms with Crippen molar-refractivity contribution in [2.24, 2.45) is 0 Å². The van der Waals surface area contributed by atoms with E-state index >= 15 is 0 Å². The quantitative estimate of drug-likeness (QED) is 0.328. The summed E-state index contributed by atoms with van der Waals surface area (Å²) in [4.78, 5) is 16.1. The van der Waals surface area contributed by atoms with E-state index in [2.05, 4.69) is 34.3 Å². The topological polar surface area (TPSA) is 29.5 Å². The first kappa shape index (κ1) is 27.1. The van der Waals surface area contributed by atoms with Crippen molar-refractivity contribution < 1.29 is 9.53 Å². The normalized spacial score (nSPS) is 24.2. The molecular formula is C28H35Cl2NO2S. The number of rotatable bonds is 8. The summed E-state index contributed by atoms with van der Waals surface area (Å²) in [7, 11) is 0. The Balaban J connectivity index is 2.10. The predicted octanol–water partition coefficient (Wildman–Crippen LogP) is 8.28. The maximum atomic E-state index is 14.0. The Morgan fingerprint density at radius 2 is 1.82 bits per heavy atom. The van der Waals surface area contributed by atoms with Gasteiger partial charge in [-0.25, -0.2) is 0 Å². The predicted molar refractivity (Wildman–Crippen MR) is 146 cm³/mol. The maximum absolute atomic E-state index is 14.0. The Morgan fingerprint density at radius 3 is 2.41 bits per heavy atom. The minimum atomic E-state index is -1.01. The van der Waals surface area contributed by atoms with Gasteiger partial charge in [0.1, 0.15) is 11.7 Å². The lowest BCUT2D eigenvalue weighted by Gasteiger charge is -2.51. The maximum Gasteiger partial charge on any atom is 0.255 e. The molecular weight excluding hydrogens is 485 g/mol. The van der Waals surface area contributed by atoms with Crippen LogP contribution in [0.3, 0.4) is 0 Å². The number of thioether (sulfide) groups is 1. The molecule has 4 atom stereocenters. The van der Waals surface area contributed by atoms with Gasteiger partial charge in [0, 0.05) is 27.3 Å². The lowest BCUT2D eigenvalue weighted by molar-refractivity contribution is -0.201. The molecule has 1 aliphatic heterocycles. The summed E-state index contributed by atoms with van der Waals surface area (Å²) in [6.45, 7) is 14.6. The molecule has 184 valence electrons. The first-order valence-corrected chi connectivity index (χ1v) is 13.5. The number of morpholine rings is 1. The van der Waals surface area contributed by atoms with Crippen molar-refractivity contribution in [3.8, 4) is 0 Å². The number of ether oxygens (including phenoxy) is 1. The van der Waals surface area contributed by atoms with E-state index in [0.717, 1.165) is 23.3 Å². The van der Waals surface area contributed by atoms with E-state index in [-0.39, 0.29) is 28.8 Å². The van der Waals surface area contributed by atoms with Gasteiger partial charge in [0.25, 0.3) is 5.91 Å². The summed E-state index contributed by atoms with van der Waals surface area (Å²) >= 11 is 14.5. The van der Waals surface area contributed by atoms with Gasteiger partial charge in [-0.2, -0.15) is 11.8 Å². The van der Waals surface area contributed by atoms with E-state index in [0.29, 0.717) is 16.5 Å². The van der Waals surface area contributed by atoms with Gasteiger partial charge in [0.2, 0.25) is 0 Å². The molecule has 34 heavy (non-hydrogen) atoms. The van der Waals surface area contributed by atoms with Crippen LogP contribution in [0.2, 0.25) is 10.0 Å². The fraction of sp³-hybridized carbons (Fsp3) is 0.464. The van der Waals surface area contributed by atoms with Gasteiger partial charge in [-0.15, -0.1) is 6.58 Å². The van der Waals surface area contributed by atoms with Crippen LogP contribution in [0.15, 0.2) is 61.2 Å². The molecule has 0 N–H and O–H groups in total. The van der Waals surface area contributed by atoms with E-state index in [4.69, 9.17) is 27.9 Å². The molecule has 1 heterocycles. The lowest BCUT2D eigenvalue weighted by Crippen LogP contribution is -2.59. The van der Waals surface area contributed by atoms with Crippen LogP contribution in [0, 0.1) is 0 Å². The lowest BCUT2D eigenvalue weighted by atomic mass is 9.86. The van der Waals surface area contributed by atoms with Crippen molar-refractivity contribution in [1.82, 2.24) is 4.90 Å². The Bertz CT molecular complexity index is 1000. The zero-order valence-electron chi connectivity index (χ0n) is 20.7. The highest BCUT2D eigenvalue weighted by atomic mass is 35.5. The molecule has 0 aliphatic carbocycles. The van der Waals surface area contributed by atoms with Gasteiger partial charge in [0.05, 0.1) is 6.04 Å². The molecule has 2 aromatic carbocycles. The molecule has 0 saturated carbocycles. The summed E-state index contributed by atoms with van der Waals surface area (Å²) < 4.78 is 6.82. The van der Waals surface area contributed by atoms with Crippen LogP contribution in [0.1, 0.15) is 70.7 Å². The number of carbonyl (C=O) groups excluding carboxylic acids is 1. The third kappa shape index (κ3) is 6.40. The fourth-order valence-corrected chi connectivity index (χ4v) is 5.83. The SMILES string of the molecule is C=CC[C@]1(C)O[C@H](c2cccc(Cl)c2)[C@@H](c2ccc(Cl)cc2)N([C@@H](C)CCSC(C)(C)C)C1=O. The Labute approximate surface area is 218 Å². The van der Waals surface area contributed by atoms with Crippen LogP contribution >= 0.6 is 35.0 Å². The molecule has 0 bridgehead atoms. The second-order valence-electron chi connectivity index (χ2n) is 10.1. The fourth-order valence-electron chi connectivity index (χ4n) is 4.43.